The molecule has 2 nitrogen and oxygen atoms in total. The van der Waals surface area contributed by atoms with E-state index in [1.165, 1.54) is 0 Å². The van der Waals surface area contributed by atoms with Crippen LogP contribution in [0, 0.1) is 0 Å². The Morgan fingerprint density at radius 2 is 2.14 bits per heavy atom. The van der Waals surface area contributed by atoms with Crippen molar-refractivity contribution in [3.63, 3.8) is 0 Å². The van der Waals surface area contributed by atoms with E-state index in [4.69, 9.17) is 0 Å². The molecule has 0 radical (unpaired) electrons. The van der Waals surface area contributed by atoms with Crippen LogP contribution < -0.4 is 4.89 Å². The molecule has 0 saturated carbocycles. The Labute approximate surface area is 54.7 Å². The van der Waals surface area contributed by atoms with Gasteiger partial charge in [0.2, 0.25) is 0 Å². The van der Waals surface area contributed by atoms with Crippen LogP contribution in [0.3, 0.4) is 0 Å². The fourth-order valence-electron chi connectivity index (χ4n) is 0.183. The van der Waals surface area contributed by atoms with Crippen LogP contribution in [0.5, 0.6) is 0 Å². The van der Waals surface area contributed by atoms with Crippen molar-refractivity contribution >= 4 is 8.03 Å². The van der Waals surface area contributed by atoms with Crippen molar-refractivity contribution in [2.45, 2.75) is 13.3 Å². The average Bonchev–Trinajstić information content (AvgIpc) is 1.35. The maximum absolute atomic E-state index is 9.64. The zero-order valence-electron chi connectivity index (χ0n) is 4.03. The summed E-state index contributed by atoms with van der Waals surface area (Å²) in [5, 5.41) is 0. The standard InChI is InChI=1S/C3H7O2P.Fe/c1-2-3-6(4)5;/h2-3H2,1H3;/q;+2. The first-order valence-electron chi connectivity index (χ1n) is 1.89. The molecule has 0 aliphatic carbocycles. The van der Waals surface area contributed by atoms with Crippen molar-refractivity contribution in [2.75, 3.05) is 6.16 Å². The molecule has 0 heterocycles. The van der Waals surface area contributed by atoms with Gasteiger partial charge in [-0.25, -0.2) is 0 Å². The van der Waals surface area contributed by atoms with Gasteiger partial charge in [-0.15, -0.1) is 0 Å². The smallest absolute Gasteiger partial charge is 0.596 e. The van der Waals surface area contributed by atoms with E-state index in [0.717, 1.165) is 6.42 Å². The summed E-state index contributed by atoms with van der Waals surface area (Å²) < 4.78 is 9.64. The summed E-state index contributed by atoms with van der Waals surface area (Å²) >= 11 is 0. The van der Waals surface area contributed by atoms with E-state index in [0.29, 0.717) is 6.16 Å². The second-order valence-electron chi connectivity index (χ2n) is 1.06. The third-order valence-electron chi connectivity index (χ3n) is 0.406. The molecule has 0 aromatic carbocycles. The van der Waals surface area contributed by atoms with Gasteiger partial charge in [0.25, 0.3) is 0 Å². The SMILES string of the molecule is CCC[P+](=O)[O-].[Fe+2]. The molecule has 0 bridgehead atoms. The zero-order valence-corrected chi connectivity index (χ0v) is 6.03. The predicted octanol–water partition coefficient (Wildman–Crippen LogP) is 0.497. The molecule has 0 saturated heterocycles. The van der Waals surface area contributed by atoms with Crippen LogP contribution in [-0.4, -0.2) is 6.16 Å². The van der Waals surface area contributed by atoms with Crippen molar-refractivity contribution in [3.8, 4) is 0 Å². The zero-order chi connectivity index (χ0) is 4.99. The summed E-state index contributed by atoms with van der Waals surface area (Å²) in [7, 11) is -2.10. The maximum Gasteiger partial charge on any atom is 2.00 e. The molecule has 0 aliphatic heterocycles. The molecule has 0 N–H and O–H groups in total. The first kappa shape index (κ1) is 10.5. The summed E-state index contributed by atoms with van der Waals surface area (Å²) in [6, 6.07) is 0. The normalized spacial score (nSPS) is 9.71. The molecule has 0 amide bonds. The molecule has 0 aliphatic rings. The Balaban J connectivity index is 0. The van der Waals surface area contributed by atoms with Gasteiger partial charge in [0, 0.05) is 0 Å². The van der Waals surface area contributed by atoms with Crippen LogP contribution in [0.1, 0.15) is 13.3 Å². The van der Waals surface area contributed by atoms with Gasteiger partial charge in [0.1, 0.15) is 6.16 Å². The van der Waals surface area contributed by atoms with Gasteiger partial charge in [-0.05, 0) is 6.42 Å². The molecule has 0 rings (SSSR count). The first-order valence-corrected chi connectivity index (χ1v) is 3.25. The third kappa shape index (κ3) is 10.8. The van der Waals surface area contributed by atoms with E-state index in [1.807, 2.05) is 6.92 Å². The molecule has 42 valence electrons. The monoisotopic (exact) mass is 162 g/mol. The van der Waals surface area contributed by atoms with Crippen LogP contribution in [0.2, 0.25) is 0 Å². The van der Waals surface area contributed by atoms with Crippen molar-refractivity contribution in [3.05, 3.63) is 0 Å². The van der Waals surface area contributed by atoms with Gasteiger partial charge >= 0.3 is 25.1 Å². The van der Waals surface area contributed by atoms with Gasteiger partial charge in [0.15, 0.2) is 0 Å². The van der Waals surface area contributed by atoms with Gasteiger partial charge in [0.05, 0.1) is 0 Å². The van der Waals surface area contributed by atoms with Gasteiger partial charge < -0.3 is 4.89 Å². The Morgan fingerprint density at radius 3 is 2.14 bits per heavy atom. The number of hydrogen-bond acceptors (Lipinski definition) is 2. The molecule has 4 heteroatoms. The minimum atomic E-state index is -2.10. The van der Waals surface area contributed by atoms with Gasteiger partial charge in [-0.1, -0.05) is 11.5 Å². The topological polar surface area (TPSA) is 40.1 Å². The summed E-state index contributed by atoms with van der Waals surface area (Å²) in [6.45, 7) is 1.84. The molecule has 1 atom stereocenters. The Kier molecular flexibility index (Phi) is 9.91. The van der Waals surface area contributed by atoms with Crippen LogP contribution in [-0.2, 0) is 21.6 Å². The Hall–Kier alpha value is 0.579. The second kappa shape index (κ2) is 6.58. The summed E-state index contributed by atoms with van der Waals surface area (Å²) in [5.74, 6) is 0. The van der Waals surface area contributed by atoms with Crippen LogP contribution in [0.15, 0.2) is 0 Å². The quantitative estimate of drug-likeness (QED) is 0.438. The molecule has 7 heavy (non-hydrogen) atoms. The summed E-state index contributed by atoms with van der Waals surface area (Å²) in [4.78, 5) is 9.64. The Morgan fingerprint density at radius 1 is 1.71 bits per heavy atom. The molecule has 0 spiro atoms. The third-order valence-corrected chi connectivity index (χ3v) is 1.22. The van der Waals surface area contributed by atoms with Crippen molar-refractivity contribution < 1.29 is 26.5 Å². The van der Waals surface area contributed by atoms with E-state index < -0.39 is 8.03 Å². The molecular weight excluding hydrogens is 155 g/mol. The van der Waals surface area contributed by atoms with E-state index >= 15 is 0 Å². The van der Waals surface area contributed by atoms with Crippen molar-refractivity contribution in [1.82, 2.24) is 0 Å². The van der Waals surface area contributed by atoms with E-state index in [9.17, 15) is 9.46 Å². The van der Waals surface area contributed by atoms with Crippen LogP contribution in [0.4, 0.5) is 0 Å². The van der Waals surface area contributed by atoms with Gasteiger partial charge in [-0.3, -0.25) is 0 Å². The minimum absolute atomic E-state index is 0. The van der Waals surface area contributed by atoms with Crippen molar-refractivity contribution in [2.24, 2.45) is 0 Å². The first-order chi connectivity index (χ1) is 2.77. The summed E-state index contributed by atoms with van der Waals surface area (Å²) in [6.07, 6.45) is 1.06. The van der Waals surface area contributed by atoms with Gasteiger partial charge in [-0.2, -0.15) is 0 Å². The van der Waals surface area contributed by atoms with Crippen LogP contribution in [0.25, 0.3) is 0 Å². The van der Waals surface area contributed by atoms with Crippen LogP contribution >= 0.6 is 8.03 Å². The molecular formula is C3H7FeO2P+2. The van der Waals surface area contributed by atoms with E-state index in [2.05, 4.69) is 0 Å². The second-order valence-corrected chi connectivity index (χ2v) is 2.17. The van der Waals surface area contributed by atoms with Crippen molar-refractivity contribution in [1.29, 1.82) is 0 Å². The largest absolute Gasteiger partial charge is 2.00 e. The molecule has 0 aromatic rings. The molecule has 0 aromatic heterocycles. The maximum atomic E-state index is 9.64. The predicted molar refractivity (Wildman–Crippen MR) is 22.8 cm³/mol. The molecule has 0 fully saturated rings. The summed E-state index contributed by atoms with van der Waals surface area (Å²) in [5.41, 5.74) is 0. The fourth-order valence-corrected chi connectivity index (χ4v) is 0.548. The van der Waals surface area contributed by atoms with E-state index in [1.54, 1.807) is 0 Å². The molecule has 1 unspecified atom stereocenters. The van der Waals surface area contributed by atoms with E-state index in [-0.39, 0.29) is 17.1 Å². The number of rotatable bonds is 2. The average molecular weight is 162 g/mol. The minimum Gasteiger partial charge on any atom is -0.596 e. The Bertz CT molecular complexity index is 56.9. The number of hydrogen-bond donors (Lipinski definition) is 0. The fraction of sp³-hybridized carbons (Fsp3) is 1.00.